The van der Waals surface area contributed by atoms with Gasteiger partial charge >= 0.3 is 0 Å². The van der Waals surface area contributed by atoms with Crippen LogP contribution >= 0.6 is 0 Å². The molecule has 0 spiro atoms. The molecular formula is C24H28N4O. The van der Waals surface area contributed by atoms with E-state index in [0.29, 0.717) is 5.69 Å². The Morgan fingerprint density at radius 1 is 1.07 bits per heavy atom. The van der Waals surface area contributed by atoms with Gasteiger partial charge in [0.2, 0.25) is 0 Å². The molecule has 1 aliphatic heterocycles. The number of nitrogens with one attached hydrogen (secondary N) is 2. The Morgan fingerprint density at radius 3 is 2.55 bits per heavy atom. The summed E-state index contributed by atoms with van der Waals surface area (Å²) in [5.74, 6) is -0.0749. The van der Waals surface area contributed by atoms with Crippen molar-refractivity contribution >= 4 is 5.91 Å². The number of piperidine rings is 1. The third-order valence-corrected chi connectivity index (χ3v) is 5.80. The summed E-state index contributed by atoms with van der Waals surface area (Å²) in [6.45, 7) is 7.14. The van der Waals surface area contributed by atoms with Crippen LogP contribution in [0.2, 0.25) is 0 Å². The number of amides is 1. The highest BCUT2D eigenvalue weighted by Crippen LogP contribution is 2.21. The first-order chi connectivity index (χ1) is 14.1. The van der Waals surface area contributed by atoms with Gasteiger partial charge in [-0.3, -0.25) is 14.8 Å². The van der Waals surface area contributed by atoms with Crippen LogP contribution in [0.25, 0.3) is 11.3 Å². The molecule has 29 heavy (non-hydrogen) atoms. The van der Waals surface area contributed by atoms with Crippen LogP contribution in [0.4, 0.5) is 0 Å². The van der Waals surface area contributed by atoms with Crippen molar-refractivity contribution in [3.05, 3.63) is 77.0 Å². The zero-order valence-electron chi connectivity index (χ0n) is 17.1. The quantitative estimate of drug-likeness (QED) is 0.692. The molecule has 1 amide bonds. The lowest BCUT2D eigenvalue weighted by Crippen LogP contribution is -2.44. The zero-order chi connectivity index (χ0) is 20.2. The summed E-state index contributed by atoms with van der Waals surface area (Å²) in [6.07, 6.45) is 1.94. The molecule has 1 saturated heterocycles. The van der Waals surface area contributed by atoms with Crippen LogP contribution in [0.5, 0.6) is 0 Å². The van der Waals surface area contributed by atoms with E-state index in [2.05, 4.69) is 70.7 Å². The van der Waals surface area contributed by atoms with Gasteiger partial charge in [-0.05, 0) is 55.5 Å². The van der Waals surface area contributed by atoms with Crippen LogP contribution in [-0.4, -0.2) is 40.1 Å². The maximum Gasteiger partial charge on any atom is 0.269 e. The van der Waals surface area contributed by atoms with Gasteiger partial charge in [-0.2, -0.15) is 5.10 Å². The van der Waals surface area contributed by atoms with Crippen LogP contribution in [0.1, 0.15) is 40.0 Å². The second-order valence-corrected chi connectivity index (χ2v) is 7.98. The van der Waals surface area contributed by atoms with Crippen molar-refractivity contribution < 1.29 is 4.79 Å². The fourth-order valence-electron chi connectivity index (χ4n) is 3.83. The lowest BCUT2D eigenvalue weighted by Gasteiger charge is -2.32. The molecule has 0 radical (unpaired) electrons. The monoisotopic (exact) mass is 388 g/mol. The molecule has 1 fully saturated rings. The normalized spacial score (nSPS) is 15.4. The number of hydrogen-bond donors (Lipinski definition) is 2. The molecule has 2 aromatic carbocycles. The summed E-state index contributed by atoms with van der Waals surface area (Å²) in [4.78, 5) is 15.1. The third-order valence-electron chi connectivity index (χ3n) is 5.80. The van der Waals surface area contributed by atoms with Crippen molar-refractivity contribution in [3.63, 3.8) is 0 Å². The minimum absolute atomic E-state index is 0.0749. The molecule has 0 unspecified atom stereocenters. The SMILES string of the molecule is Cc1ccc(-c2cc(C(=O)NC3CCN(Cc4ccccc4)CC3)[nH]n2)cc1C. The minimum Gasteiger partial charge on any atom is -0.348 e. The molecule has 1 aliphatic rings. The molecule has 0 saturated carbocycles. The smallest absolute Gasteiger partial charge is 0.269 e. The first-order valence-corrected chi connectivity index (χ1v) is 10.3. The van der Waals surface area contributed by atoms with E-state index in [1.165, 1.54) is 16.7 Å². The molecule has 4 rings (SSSR count). The van der Waals surface area contributed by atoms with Gasteiger partial charge in [-0.1, -0.05) is 42.5 Å². The van der Waals surface area contributed by atoms with E-state index < -0.39 is 0 Å². The Morgan fingerprint density at radius 2 is 1.83 bits per heavy atom. The Balaban J connectivity index is 1.31. The summed E-state index contributed by atoms with van der Waals surface area (Å²) in [5.41, 5.74) is 6.16. The van der Waals surface area contributed by atoms with Crippen LogP contribution in [-0.2, 0) is 6.54 Å². The first kappa shape index (κ1) is 19.4. The Bertz CT molecular complexity index is 972. The lowest BCUT2D eigenvalue weighted by atomic mass is 10.0. The molecule has 0 bridgehead atoms. The maximum atomic E-state index is 12.7. The van der Waals surface area contributed by atoms with E-state index in [1.54, 1.807) is 0 Å². The van der Waals surface area contributed by atoms with Crippen LogP contribution in [0.3, 0.4) is 0 Å². The lowest BCUT2D eigenvalue weighted by molar-refractivity contribution is 0.0904. The van der Waals surface area contributed by atoms with Crippen molar-refractivity contribution in [1.82, 2.24) is 20.4 Å². The van der Waals surface area contributed by atoms with Gasteiger partial charge in [0.05, 0.1) is 5.69 Å². The largest absolute Gasteiger partial charge is 0.348 e. The maximum absolute atomic E-state index is 12.7. The molecule has 2 heterocycles. The van der Waals surface area contributed by atoms with E-state index in [-0.39, 0.29) is 11.9 Å². The van der Waals surface area contributed by atoms with E-state index >= 15 is 0 Å². The highest BCUT2D eigenvalue weighted by molar-refractivity contribution is 5.93. The van der Waals surface area contributed by atoms with Gasteiger partial charge in [0.25, 0.3) is 5.91 Å². The fourth-order valence-corrected chi connectivity index (χ4v) is 3.83. The van der Waals surface area contributed by atoms with E-state index in [9.17, 15) is 4.79 Å². The second kappa shape index (κ2) is 8.62. The summed E-state index contributed by atoms with van der Waals surface area (Å²) < 4.78 is 0. The summed E-state index contributed by atoms with van der Waals surface area (Å²) in [5, 5.41) is 10.4. The third kappa shape index (κ3) is 4.74. The number of rotatable bonds is 5. The van der Waals surface area contributed by atoms with Crippen molar-refractivity contribution in [2.45, 2.75) is 39.3 Å². The number of H-pyrrole nitrogens is 1. The molecule has 5 heteroatoms. The standard InChI is InChI=1S/C24H28N4O/c1-17-8-9-20(14-18(17)2)22-15-23(27-26-22)24(29)25-21-10-12-28(13-11-21)16-19-6-4-3-5-7-19/h3-9,14-15,21H,10-13,16H2,1-2H3,(H,25,29)(H,26,27). The van der Waals surface area contributed by atoms with Crippen molar-refractivity contribution in [3.8, 4) is 11.3 Å². The molecule has 1 aromatic heterocycles. The molecule has 150 valence electrons. The number of carbonyl (C=O) groups excluding carboxylic acids is 1. The van der Waals surface area contributed by atoms with Crippen molar-refractivity contribution in [1.29, 1.82) is 0 Å². The van der Waals surface area contributed by atoms with Gasteiger partial charge in [-0.25, -0.2) is 0 Å². The summed E-state index contributed by atoms with van der Waals surface area (Å²) in [6, 6.07) is 18.8. The Labute approximate surface area is 172 Å². The van der Waals surface area contributed by atoms with Crippen LogP contribution in [0, 0.1) is 13.8 Å². The van der Waals surface area contributed by atoms with Gasteiger partial charge in [0.15, 0.2) is 0 Å². The molecule has 2 N–H and O–H groups in total. The van der Waals surface area contributed by atoms with Crippen LogP contribution in [0.15, 0.2) is 54.6 Å². The number of nitrogens with zero attached hydrogens (tertiary/aromatic N) is 2. The highest BCUT2D eigenvalue weighted by Gasteiger charge is 2.22. The number of benzene rings is 2. The van der Waals surface area contributed by atoms with Crippen molar-refractivity contribution in [2.24, 2.45) is 0 Å². The van der Waals surface area contributed by atoms with Gasteiger partial charge in [0.1, 0.15) is 5.69 Å². The van der Waals surface area contributed by atoms with E-state index in [1.807, 2.05) is 18.2 Å². The highest BCUT2D eigenvalue weighted by atomic mass is 16.2. The number of carbonyl (C=O) groups is 1. The average molecular weight is 389 g/mol. The number of likely N-dealkylation sites (tertiary alicyclic amines) is 1. The molecule has 0 aliphatic carbocycles. The predicted octanol–water partition coefficient (Wildman–Crippen LogP) is 4.09. The van der Waals surface area contributed by atoms with Gasteiger partial charge in [-0.15, -0.1) is 0 Å². The van der Waals surface area contributed by atoms with Crippen LogP contribution < -0.4 is 5.32 Å². The molecule has 5 nitrogen and oxygen atoms in total. The Kier molecular flexibility index (Phi) is 5.76. The van der Waals surface area contributed by atoms with Gasteiger partial charge < -0.3 is 5.32 Å². The van der Waals surface area contributed by atoms with Crippen molar-refractivity contribution in [2.75, 3.05) is 13.1 Å². The molecule has 0 atom stereocenters. The summed E-state index contributed by atoms with van der Waals surface area (Å²) in [7, 11) is 0. The topological polar surface area (TPSA) is 61.0 Å². The minimum atomic E-state index is -0.0749. The fraction of sp³-hybridized carbons (Fsp3) is 0.333. The predicted molar refractivity (Wildman–Crippen MR) is 116 cm³/mol. The molecular weight excluding hydrogens is 360 g/mol. The van der Waals surface area contributed by atoms with E-state index in [4.69, 9.17) is 0 Å². The van der Waals surface area contributed by atoms with E-state index in [0.717, 1.165) is 43.7 Å². The van der Waals surface area contributed by atoms with Gasteiger partial charge in [0, 0.05) is 31.2 Å². The summed E-state index contributed by atoms with van der Waals surface area (Å²) >= 11 is 0. The number of aromatic amines is 1. The first-order valence-electron chi connectivity index (χ1n) is 10.3. The number of aryl methyl sites for hydroxylation is 2. The zero-order valence-corrected chi connectivity index (χ0v) is 17.1. The average Bonchev–Trinajstić information content (AvgIpc) is 3.23. The number of aromatic nitrogens is 2. The Hall–Kier alpha value is -2.92. The number of hydrogen-bond acceptors (Lipinski definition) is 3. The second-order valence-electron chi connectivity index (χ2n) is 7.98. The molecule has 3 aromatic rings.